The molecule has 0 aromatic heterocycles. The summed E-state index contributed by atoms with van der Waals surface area (Å²) in [7, 11) is 4.82. The molecule has 0 bridgehead atoms. The van der Waals surface area contributed by atoms with Crippen molar-refractivity contribution in [1.82, 2.24) is 5.32 Å². The summed E-state index contributed by atoms with van der Waals surface area (Å²) in [6.45, 7) is 5.65. The average Bonchev–Trinajstić information content (AvgIpc) is 2.67. The van der Waals surface area contributed by atoms with E-state index in [2.05, 4.69) is 11.9 Å². The molecule has 0 radical (unpaired) electrons. The van der Waals surface area contributed by atoms with Crippen LogP contribution in [0.25, 0.3) is 0 Å². The Balaban J connectivity index is 2.24. The molecule has 2 rings (SSSR count). The molecule has 0 aliphatic carbocycles. The van der Waals surface area contributed by atoms with Crippen molar-refractivity contribution in [3.63, 3.8) is 0 Å². The molecule has 0 saturated heterocycles. The van der Waals surface area contributed by atoms with Crippen molar-refractivity contribution in [2.75, 3.05) is 21.3 Å². The van der Waals surface area contributed by atoms with Gasteiger partial charge < -0.3 is 19.5 Å². The van der Waals surface area contributed by atoms with Crippen LogP contribution >= 0.6 is 0 Å². The Hall–Kier alpha value is -2.95. The van der Waals surface area contributed by atoms with Gasteiger partial charge in [-0.25, -0.2) is 0 Å². The molecule has 5 nitrogen and oxygen atoms in total. The van der Waals surface area contributed by atoms with Crippen LogP contribution in [0.4, 0.5) is 0 Å². The fourth-order valence-corrected chi connectivity index (χ4v) is 2.77. The van der Waals surface area contributed by atoms with Crippen LogP contribution < -0.4 is 19.5 Å². The first-order valence-corrected chi connectivity index (χ1v) is 8.34. The van der Waals surface area contributed by atoms with Crippen molar-refractivity contribution in [3.8, 4) is 17.2 Å². The van der Waals surface area contributed by atoms with E-state index in [4.69, 9.17) is 14.2 Å². The monoisotopic (exact) mass is 355 g/mol. The molecule has 2 aromatic carbocycles. The quantitative estimate of drug-likeness (QED) is 0.729. The number of hydrogen-bond acceptors (Lipinski definition) is 4. The molecule has 5 heteroatoms. The number of hydrogen-bond donors (Lipinski definition) is 1. The van der Waals surface area contributed by atoms with Crippen LogP contribution in [0.3, 0.4) is 0 Å². The highest BCUT2D eigenvalue weighted by atomic mass is 16.5. The molecule has 1 atom stereocenters. The highest BCUT2D eigenvalue weighted by molar-refractivity contribution is 5.95. The van der Waals surface area contributed by atoms with Crippen LogP contribution in [-0.2, 0) is 6.42 Å². The molecule has 0 heterocycles. The fraction of sp³-hybridized carbons (Fsp3) is 0.286. The SMILES string of the molecule is C=CCc1cc(C(=O)NC(C)c2cc(OC)ccc2OC)ccc1OC. The molecule has 1 unspecified atom stereocenters. The lowest BCUT2D eigenvalue weighted by atomic mass is 10.0. The van der Waals surface area contributed by atoms with Crippen molar-refractivity contribution in [1.29, 1.82) is 0 Å². The predicted molar refractivity (Wildman–Crippen MR) is 102 cm³/mol. The molecular formula is C21H25NO4. The number of rotatable bonds is 8. The minimum atomic E-state index is -0.252. The fourth-order valence-electron chi connectivity index (χ4n) is 2.77. The lowest BCUT2D eigenvalue weighted by Gasteiger charge is -2.19. The summed E-state index contributed by atoms with van der Waals surface area (Å²) in [5, 5.41) is 3.00. The molecule has 2 aromatic rings. The predicted octanol–water partition coefficient (Wildman–Crippen LogP) is 3.93. The van der Waals surface area contributed by atoms with E-state index in [9.17, 15) is 4.79 Å². The summed E-state index contributed by atoms with van der Waals surface area (Å²) in [6, 6.07) is 10.6. The molecule has 0 aliphatic heterocycles. The van der Waals surface area contributed by atoms with Crippen LogP contribution in [0.15, 0.2) is 49.1 Å². The average molecular weight is 355 g/mol. The van der Waals surface area contributed by atoms with Gasteiger partial charge in [-0.3, -0.25) is 4.79 Å². The van der Waals surface area contributed by atoms with Crippen molar-refractivity contribution >= 4 is 5.91 Å². The number of allylic oxidation sites excluding steroid dienone is 1. The van der Waals surface area contributed by atoms with Crippen LogP contribution in [0, 0.1) is 0 Å². The summed E-state index contributed by atoms with van der Waals surface area (Å²) in [5.41, 5.74) is 2.33. The molecule has 0 aliphatic rings. The Morgan fingerprint density at radius 1 is 1.08 bits per heavy atom. The summed E-state index contributed by atoms with van der Waals surface area (Å²) < 4.78 is 16.0. The maximum Gasteiger partial charge on any atom is 0.251 e. The van der Waals surface area contributed by atoms with E-state index in [1.807, 2.05) is 31.2 Å². The first-order valence-electron chi connectivity index (χ1n) is 8.34. The molecule has 0 saturated carbocycles. The highest BCUT2D eigenvalue weighted by Gasteiger charge is 2.17. The molecular weight excluding hydrogens is 330 g/mol. The Bertz CT molecular complexity index is 786. The summed E-state index contributed by atoms with van der Waals surface area (Å²) >= 11 is 0. The van der Waals surface area contributed by atoms with E-state index in [-0.39, 0.29) is 11.9 Å². The summed E-state index contributed by atoms with van der Waals surface area (Å²) in [6.07, 6.45) is 2.41. The zero-order valence-corrected chi connectivity index (χ0v) is 15.7. The van der Waals surface area contributed by atoms with Gasteiger partial charge in [0.1, 0.15) is 17.2 Å². The van der Waals surface area contributed by atoms with Gasteiger partial charge in [-0.15, -0.1) is 6.58 Å². The standard InChI is InChI=1S/C21H25NO4/c1-6-7-15-12-16(8-10-19(15)25-4)21(23)22-14(2)18-13-17(24-3)9-11-20(18)26-5/h6,8-14H,1,7H2,2-5H3,(H,22,23). The number of methoxy groups -OCH3 is 3. The van der Waals surface area contributed by atoms with Crippen LogP contribution in [0.5, 0.6) is 17.2 Å². The lowest BCUT2D eigenvalue weighted by molar-refractivity contribution is 0.0939. The molecule has 0 fully saturated rings. The number of ether oxygens (including phenoxy) is 3. The van der Waals surface area contributed by atoms with Gasteiger partial charge in [0.05, 0.1) is 27.4 Å². The van der Waals surface area contributed by atoms with Gasteiger partial charge in [0.15, 0.2) is 0 Å². The Kier molecular flexibility index (Phi) is 6.67. The van der Waals surface area contributed by atoms with Gasteiger partial charge in [0, 0.05) is 11.1 Å². The van der Waals surface area contributed by atoms with Gasteiger partial charge in [0.25, 0.3) is 5.91 Å². The number of carbonyl (C=O) groups is 1. The third kappa shape index (κ3) is 4.36. The van der Waals surface area contributed by atoms with E-state index in [1.165, 1.54) is 0 Å². The van der Waals surface area contributed by atoms with E-state index in [1.54, 1.807) is 39.5 Å². The van der Waals surface area contributed by atoms with Crippen molar-refractivity contribution < 1.29 is 19.0 Å². The first kappa shape index (κ1) is 19.4. The van der Waals surface area contributed by atoms with Gasteiger partial charge in [-0.2, -0.15) is 0 Å². The Morgan fingerprint density at radius 3 is 2.38 bits per heavy atom. The number of amides is 1. The van der Waals surface area contributed by atoms with Crippen molar-refractivity contribution in [2.24, 2.45) is 0 Å². The Morgan fingerprint density at radius 2 is 1.77 bits per heavy atom. The minimum Gasteiger partial charge on any atom is -0.497 e. The van der Waals surface area contributed by atoms with Crippen molar-refractivity contribution in [2.45, 2.75) is 19.4 Å². The molecule has 1 N–H and O–H groups in total. The largest absolute Gasteiger partial charge is 0.497 e. The van der Waals surface area contributed by atoms with Crippen LogP contribution in [0.1, 0.15) is 34.5 Å². The van der Waals surface area contributed by atoms with Crippen molar-refractivity contribution in [3.05, 3.63) is 65.7 Å². The highest BCUT2D eigenvalue weighted by Crippen LogP contribution is 2.29. The maximum absolute atomic E-state index is 12.7. The van der Waals surface area contributed by atoms with E-state index < -0.39 is 0 Å². The van der Waals surface area contributed by atoms with Gasteiger partial charge in [-0.1, -0.05) is 6.08 Å². The summed E-state index contributed by atoms with van der Waals surface area (Å²) in [5.74, 6) is 1.97. The second-order valence-electron chi connectivity index (χ2n) is 5.82. The smallest absolute Gasteiger partial charge is 0.251 e. The van der Waals surface area contributed by atoms with Gasteiger partial charge >= 0.3 is 0 Å². The molecule has 138 valence electrons. The van der Waals surface area contributed by atoms with Gasteiger partial charge in [0.2, 0.25) is 0 Å². The number of benzene rings is 2. The first-order chi connectivity index (χ1) is 12.5. The topological polar surface area (TPSA) is 56.8 Å². The number of nitrogens with one attached hydrogen (secondary N) is 1. The lowest BCUT2D eigenvalue weighted by Crippen LogP contribution is -2.27. The Labute approximate surface area is 154 Å². The van der Waals surface area contributed by atoms with Crippen LogP contribution in [0.2, 0.25) is 0 Å². The minimum absolute atomic E-state index is 0.171. The second kappa shape index (κ2) is 8.94. The van der Waals surface area contributed by atoms with Crippen LogP contribution in [-0.4, -0.2) is 27.2 Å². The summed E-state index contributed by atoms with van der Waals surface area (Å²) in [4.78, 5) is 12.7. The van der Waals surface area contributed by atoms with E-state index >= 15 is 0 Å². The van der Waals surface area contributed by atoms with E-state index in [0.717, 1.165) is 16.9 Å². The zero-order valence-electron chi connectivity index (χ0n) is 15.7. The third-order valence-corrected chi connectivity index (χ3v) is 4.16. The second-order valence-corrected chi connectivity index (χ2v) is 5.82. The third-order valence-electron chi connectivity index (χ3n) is 4.16. The normalized spacial score (nSPS) is 11.4. The van der Waals surface area contributed by atoms with Gasteiger partial charge in [-0.05, 0) is 55.3 Å². The molecule has 1 amide bonds. The number of carbonyl (C=O) groups excluding carboxylic acids is 1. The zero-order chi connectivity index (χ0) is 19.1. The van der Waals surface area contributed by atoms with E-state index in [0.29, 0.717) is 23.5 Å². The maximum atomic E-state index is 12.7. The molecule has 0 spiro atoms. The molecule has 26 heavy (non-hydrogen) atoms.